The van der Waals surface area contributed by atoms with E-state index in [1.807, 2.05) is 4.90 Å². The highest BCUT2D eigenvalue weighted by atomic mass is 35.5. The fourth-order valence-corrected chi connectivity index (χ4v) is 4.04. The molecule has 2 atom stereocenters. The number of rotatable bonds is 4. The van der Waals surface area contributed by atoms with E-state index in [1.54, 1.807) is 41.5 Å². The zero-order chi connectivity index (χ0) is 16.5. The summed E-state index contributed by atoms with van der Waals surface area (Å²) in [5.74, 6) is 0.722. The highest BCUT2D eigenvalue weighted by Crippen LogP contribution is 2.40. The van der Waals surface area contributed by atoms with Crippen LogP contribution in [-0.2, 0) is 4.79 Å². The van der Waals surface area contributed by atoms with Crippen molar-refractivity contribution in [2.45, 2.75) is 43.8 Å². The minimum absolute atomic E-state index is 0.0596. The number of amides is 1. The minimum atomic E-state index is 0.0596. The summed E-state index contributed by atoms with van der Waals surface area (Å²) in [6.07, 6.45) is 7.35. The van der Waals surface area contributed by atoms with Gasteiger partial charge in [0.15, 0.2) is 6.61 Å². The maximum Gasteiger partial charge on any atom is 0.261 e. The molecule has 2 bridgehead atoms. The summed E-state index contributed by atoms with van der Waals surface area (Å²) in [6.45, 7) is 0.0688. The van der Waals surface area contributed by atoms with Gasteiger partial charge in [0.2, 0.25) is 0 Å². The number of benzene rings is 1. The van der Waals surface area contributed by atoms with E-state index in [1.165, 1.54) is 0 Å². The fourth-order valence-electron chi connectivity index (χ4n) is 3.91. The molecule has 0 radical (unpaired) electrons. The Morgan fingerprint density at radius 3 is 2.33 bits per heavy atom. The molecule has 1 aromatic carbocycles. The summed E-state index contributed by atoms with van der Waals surface area (Å²) >= 11 is 5.86. The van der Waals surface area contributed by atoms with Crippen LogP contribution in [0.25, 0.3) is 0 Å². The fraction of sp³-hybridized carbons (Fsp3) is 0.471. The smallest absolute Gasteiger partial charge is 0.261 e. The Balaban J connectivity index is 1.38. The van der Waals surface area contributed by atoms with Crippen molar-refractivity contribution in [3.63, 3.8) is 0 Å². The standard InChI is InChI=1S/C17H19ClN4O2/c18-12-1-5-16(6-2-12)24-11-17(23)21-13-3-4-14(21)10-15(9-13)22-19-7-8-20-22/h1-2,5-8,13-15H,3-4,9-11H2. The Hall–Kier alpha value is -2.08. The average Bonchev–Trinajstić information content (AvgIpc) is 3.21. The third-order valence-electron chi connectivity index (χ3n) is 4.94. The lowest BCUT2D eigenvalue weighted by atomic mass is 9.98. The predicted molar refractivity (Wildman–Crippen MR) is 88.9 cm³/mol. The largest absolute Gasteiger partial charge is 0.484 e. The number of ether oxygens (including phenoxy) is 1. The summed E-state index contributed by atoms with van der Waals surface area (Å²) in [5, 5.41) is 9.17. The van der Waals surface area contributed by atoms with E-state index in [9.17, 15) is 4.79 Å². The molecule has 0 spiro atoms. The maximum atomic E-state index is 12.6. The summed E-state index contributed by atoms with van der Waals surface area (Å²) in [7, 11) is 0. The Labute approximate surface area is 145 Å². The predicted octanol–water partition coefficient (Wildman–Crippen LogP) is 2.71. The van der Waals surface area contributed by atoms with Crippen molar-refractivity contribution in [1.29, 1.82) is 0 Å². The van der Waals surface area contributed by atoms with Gasteiger partial charge in [-0.1, -0.05) is 11.6 Å². The number of carbonyl (C=O) groups is 1. The molecule has 2 saturated heterocycles. The maximum absolute atomic E-state index is 12.6. The number of hydrogen-bond donors (Lipinski definition) is 0. The molecule has 2 fully saturated rings. The van der Waals surface area contributed by atoms with E-state index in [4.69, 9.17) is 16.3 Å². The molecule has 7 heteroatoms. The van der Waals surface area contributed by atoms with E-state index in [0.717, 1.165) is 25.7 Å². The van der Waals surface area contributed by atoms with Gasteiger partial charge in [0.1, 0.15) is 5.75 Å². The molecule has 2 unspecified atom stereocenters. The Bertz CT molecular complexity index is 690. The summed E-state index contributed by atoms with van der Waals surface area (Å²) in [4.78, 5) is 16.4. The topological polar surface area (TPSA) is 60.2 Å². The van der Waals surface area contributed by atoms with E-state index in [0.29, 0.717) is 16.8 Å². The summed E-state index contributed by atoms with van der Waals surface area (Å²) in [6, 6.07) is 7.89. The van der Waals surface area contributed by atoms with Crippen LogP contribution in [0.15, 0.2) is 36.7 Å². The van der Waals surface area contributed by atoms with Crippen LogP contribution in [0.5, 0.6) is 5.75 Å². The van der Waals surface area contributed by atoms with Crippen LogP contribution >= 0.6 is 11.6 Å². The third kappa shape index (κ3) is 2.98. The molecule has 2 aliphatic rings. The van der Waals surface area contributed by atoms with Gasteiger partial charge < -0.3 is 9.64 Å². The summed E-state index contributed by atoms with van der Waals surface area (Å²) in [5.41, 5.74) is 0. The number of carbonyl (C=O) groups excluding carboxylic acids is 1. The van der Waals surface area contributed by atoms with Gasteiger partial charge in [-0.3, -0.25) is 4.79 Å². The number of hydrogen-bond acceptors (Lipinski definition) is 4. The second kappa shape index (κ2) is 6.43. The van der Waals surface area contributed by atoms with Crippen LogP contribution in [-0.4, -0.2) is 44.5 Å². The molecule has 6 nitrogen and oxygen atoms in total. The molecule has 3 heterocycles. The van der Waals surface area contributed by atoms with Crippen LogP contribution in [0.1, 0.15) is 31.7 Å². The number of fused-ring (bicyclic) bond motifs is 2. The van der Waals surface area contributed by atoms with Crippen molar-refractivity contribution in [3.8, 4) is 5.75 Å². The molecule has 2 aromatic rings. The van der Waals surface area contributed by atoms with E-state index in [2.05, 4.69) is 10.2 Å². The molecule has 0 saturated carbocycles. The zero-order valence-electron chi connectivity index (χ0n) is 13.2. The monoisotopic (exact) mass is 346 g/mol. The van der Waals surface area contributed by atoms with Crippen molar-refractivity contribution >= 4 is 17.5 Å². The number of aromatic nitrogens is 3. The molecular formula is C17H19ClN4O2. The summed E-state index contributed by atoms with van der Waals surface area (Å²) < 4.78 is 5.62. The second-order valence-corrected chi connectivity index (χ2v) is 6.84. The van der Waals surface area contributed by atoms with Crippen LogP contribution in [0, 0.1) is 0 Å². The Morgan fingerprint density at radius 2 is 1.71 bits per heavy atom. The molecule has 2 aliphatic heterocycles. The van der Waals surface area contributed by atoms with E-state index in [-0.39, 0.29) is 24.6 Å². The van der Waals surface area contributed by atoms with Gasteiger partial charge in [-0.05, 0) is 49.9 Å². The zero-order valence-corrected chi connectivity index (χ0v) is 14.0. The van der Waals surface area contributed by atoms with Gasteiger partial charge >= 0.3 is 0 Å². The molecule has 4 rings (SSSR count). The molecule has 1 amide bonds. The normalized spacial score (nSPS) is 25.7. The average molecular weight is 347 g/mol. The highest BCUT2D eigenvalue weighted by Gasteiger charge is 2.44. The van der Waals surface area contributed by atoms with Gasteiger partial charge in [0.25, 0.3) is 5.91 Å². The van der Waals surface area contributed by atoms with Crippen LogP contribution < -0.4 is 4.74 Å². The first-order valence-electron chi connectivity index (χ1n) is 8.26. The lowest BCUT2D eigenvalue weighted by molar-refractivity contribution is -0.138. The number of halogens is 1. The van der Waals surface area contributed by atoms with Gasteiger partial charge in [-0.15, -0.1) is 0 Å². The van der Waals surface area contributed by atoms with Crippen molar-refractivity contribution in [3.05, 3.63) is 41.7 Å². The van der Waals surface area contributed by atoms with Crippen molar-refractivity contribution < 1.29 is 9.53 Å². The molecule has 0 aliphatic carbocycles. The Morgan fingerprint density at radius 1 is 1.08 bits per heavy atom. The van der Waals surface area contributed by atoms with Crippen molar-refractivity contribution in [2.24, 2.45) is 0 Å². The van der Waals surface area contributed by atoms with Crippen molar-refractivity contribution in [1.82, 2.24) is 19.9 Å². The minimum Gasteiger partial charge on any atom is -0.484 e. The van der Waals surface area contributed by atoms with Crippen LogP contribution in [0.2, 0.25) is 5.02 Å². The van der Waals surface area contributed by atoms with Gasteiger partial charge in [-0.25, -0.2) is 0 Å². The van der Waals surface area contributed by atoms with Crippen LogP contribution in [0.4, 0.5) is 0 Å². The lowest BCUT2D eigenvalue weighted by Gasteiger charge is -2.38. The molecule has 0 N–H and O–H groups in total. The van der Waals surface area contributed by atoms with Crippen molar-refractivity contribution in [2.75, 3.05) is 6.61 Å². The lowest BCUT2D eigenvalue weighted by Crippen LogP contribution is -2.48. The molecule has 126 valence electrons. The molecule has 1 aromatic heterocycles. The Kier molecular flexibility index (Phi) is 4.14. The first-order valence-corrected chi connectivity index (χ1v) is 8.64. The number of piperidine rings is 1. The van der Waals surface area contributed by atoms with E-state index < -0.39 is 0 Å². The second-order valence-electron chi connectivity index (χ2n) is 6.40. The molecular weight excluding hydrogens is 328 g/mol. The number of nitrogens with zero attached hydrogens (tertiary/aromatic N) is 4. The third-order valence-corrected chi connectivity index (χ3v) is 5.19. The van der Waals surface area contributed by atoms with Crippen LogP contribution in [0.3, 0.4) is 0 Å². The molecule has 24 heavy (non-hydrogen) atoms. The quantitative estimate of drug-likeness (QED) is 0.854. The van der Waals surface area contributed by atoms with Gasteiger partial charge in [0, 0.05) is 17.1 Å². The first kappa shape index (κ1) is 15.4. The first-order chi connectivity index (χ1) is 11.7. The highest BCUT2D eigenvalue weighted by molar-refractivity contribution is 6.30. The SMILES string of the molecule is O=C(COc1ccc(Cl)cc1)N1C2CCC1CC(n1nccn1)C2. The van der Waals surface area contributed by atoms with Gasteiger partial charge in [-0.2, -0.15) is 15.0 Å². The van der Waals surface area contributed by atoms with Gasteiger partial charge in [0.05, 0.1) is 18.4 Å². The van der Waals surface area contributed by atoms with E-state index >= 15 is 0 Å².